The van der Waals surface area contributed by atoms with Gasteiger partial charge in [0.15, 0.2) is 11.6 Å². The van der Waals surface area contributed by atoms with Crippen molar-refractivity contribution in [2.24, 2.45) is 10.2 Å². The van der Waals surface area contributed by atoms with Crippen LogP contribution in [0.25, 0.3) is 27.5 Å². The van der Waals surface area contributed by atoms with E-state index in [1.807, 2.05) is 54.6 Å². The summed E-state index contributed by atoms with van der Waals surface area (Å²) in [7, 11) is 0. The second-order valence-corrected chi connectivity index (χ2v) is 8.51. The summed E-state index contributed by atoms with van der Waals surface area (Å²) < 4.78 is 1.27. The number of phenols is 1. The van der Waals surface area contributed by atoms with Crippen molar-refractivity contribution in [3.63, 3.8) is 0 Å². The van der Waals surface area contributed by atoms with E-state index in [4.69, 9.17) is 0 Å². The van der Waals surface area contributed by atoms with E-state index in [9.17, 15) is 15.2 Å². The van der Waals surface area contributed by atoms with Crippen molar-refractivity contribution in [3.05, 3.63) is 109 Å². The number of amides is 1. The number of nitriles is 1. The normalized spacial score (nSPS) is 11.2. The molecule has 1 amide bonds. The highest BCUT2D eigenvalue weighted by molar-refractivity contribution is 6.16. The van der Waals surface area contributed by atoms with Gasteiger partial charge in [-0.05, 0) is 45.8 Å². The van der Waals surface area contributed by atoms with Gasteiger partial charge in [-0.25, -0.2) is 9.97 Å². The van der Waals surface area contributed by atoms with E-state index in [2.05, 4.69) is 30.6 Å². The van der Waals surface area contributed by atoms with Crippen LogP contribution in [0.4, 0.5) is 17.2 Å². The summed E-state index contributed by atoms with van der Waals surface area (Å²) in [6.07, 6.45) is 4.40. The molecule has 2 heterocycles. The summed E-state index contributed by atoms with van der Waals surface area (Å²) in [5.74, 6) is -0.572. The smallest absolute Gasteiger partial charge is 0.260 e. The summed E-state index contributed by atoms with van der Waals surface area (Å²) in [5.41, 5.74) is 0.819. The monoisotopic (exact) mass is 510 g/mol. The molecule has 2 aromatic heterocycles. The quantitative estimate of drug-likeness (QED) is 0.264. The van der Waals surface area contributed by atoms with Gasteiger partial charge in [0, 0.05) is 18.1 Å². The first-order valence-corrected chi connectivity index (χ1v) is 11.8. The van der Waals surface area contributed by atoms with Gasteiger partial charge in [0.1, 0.15) is 17.3 Å². The molecule has 6 aromatic rings. The van der Waals surface area contributed by atoms with Gasteiger partial charge in [-0.15, -0.1) is 10.2 Å². The zero-order valence-corrected chi connectivity index (χ0v) is 20.2. The Labute approximate surface area is 221 Å². The van der Waals surface area contributed by atoms with E-state index in [-0.39, 0.29) is 34.3 Å². The second kappa shape index (κ2) is 9.84. The number of azo groups is 1. The van der Waals surface area contributed by atoms with Crippen LogP contribution in [-0.2, 0) is 0 Å². The minimum atomic E-state index is -0.503. The van der Waals surface area contributed by atoms with E-state index >= 15 is 0 Å². The van der Waals surface area contributed by atoms with Crippen LogP contribution in [0.15, 0.2) is 108 Å². The molecule has 0 saturated carbocycles. The first kappa shape index (κ1) is 23.4. The van der Waals surface area contributed by atoms with Crippen molar-refractivity contribution < 1.29 is 9.90 Å². The molecule has 0 fully saturated rings. The number of carbonyl (C=O) groups is 1. The molecule has 6 rings (SSSR count). The average molecular weight is 511 g/mol. The van der Waals surface area contributed by atoms with Crippen molar-refractivity contribution in [2.75, 3.05) is 5.32 Å². The molecule has 4 aromatic carbocycles. The lowest BCUT2D eigenvalue weighted by molar-refractivity contribution is 0.102. The fourth-order valence-electron chi connectivity index (χ4n) is 4.25. The maximum absolute atomic E-state index is 13.5. The Bertz CT molecular complexity index is 1940. The summed E-state index contributed by atoms with van der Waals surface area (Å²) in [4.78, 5) is 21.8. The highest BCUT2D eigenvalue weighted by Gasteiger charge is 2.20. The van der Waals surface area contributed by atoms with Gasteiger partial charge in [0.05, 0.1) is 11.8 Å². The predicted octanol–water partition coefficient (Wildman–Crippen LogP) is 6.21. The molecule has 0 aliphatic rings. The average Bonchev–Trinajstić information content (AvgIpc) is 3.39. The predicted molar refractivity (Wildman–Crippen MR) is 146 cm³/mol. The molecule has 0 saturated heterocycles. The number of hydrogen-bond donors (Lipinski definition) is 2. The highest BCUT2D eigenvalue weighted by atomic mass is 16.3. The van der Waals surface area contributed by atoms with E-state index in [1.165, 1.54) is 23.3 Å². The third kappa shape index (κ3) is 4.41. The minimum absolute atomic E-state index is 0.0444. The first-order valence-electron chi connectivity index (χ1n) is 11.8. The van der Waals surface area contributed by atoms with Gasteiger partial charge in [0.2, 0.25) is 0 Å². The van der Waals surface area contributed by atoms with E-state index in [0.29, 0.717) is 16.5 Å². The summed E-state index contributed by atoms with van der Waals surface area (Å²) in [6, 6.07) is 25.9. The molecule has 186 valence electrons. The number of benzene rings is 4. The number of nitrogens with zero attached hydrogens (tertiary/aromatic N) is 7. The Morgan fingerprint density at radius 2 is 1.64 bits per heavy atom. The van der Waals surface area contributed by atoms with Gasteiger partial charge in [-0.1, -0.05) is 54.6 Å². The molecule has 0 aliphatic carbocycles. The van der Waals surface area contributed by atoms with Gasteiger partial charge < -0.3 is 10.4 Å². The largest absolute Gasteiger partial charge is 0.505 e. The lowest BCUT2D eigenvalue weighted by Gasteiger charge is -2.12. The fourth-order valence-corrected chi connectivity index (χ4v) is 4.25. The molecule has 0 atom stereocenters. The van der Waals surface area contributed by atoms with E-state index in [0.717, 1.165) is 10.8 Å². The van der Waals surface area contributed by atoms with Crippen LogP contribution >= 0.6 is 0 Å². The number of aromatic nitrogens is 4. The number of fused-ring (bicyclic) bond motifs is 2. The third-order valence-electron chi connectivity index (χ3n) is 6.09. The number of anilines is 1. The number of carbonyl (C=O) groups excluding carboxylic acids is 1. The molecule has 10 nitrogen and oxygen atoms in total. The Kier molecular flexibility index (Phi) is 5.91. The standard InChI is InChI=1S/C29H18N8O2/c30-16-21-17-33-37(29-31-12-5-13-32-29)27(21)36-35-24-15-20-8-3-4-9-23(20)25(26(24)38)28(39)34-22-11-10-18-6-1-2-7-19(18)14-22/h1-15,17,38H,(H,34,39). The molecule has 10 heteroatoms. The Hall–Kier alpha value is -5.95. The lowest BCUT2D eigenvalue weighted by Crippen LogP contribution is -2.12. The van der Waals surface area contributed by atoms with Crippen molar-refractivity contribution in [1.29, 1.82) is 5.26 Å². The number of aromatic hydroxyl groups is 1. The molecule has 39 heavy (non-hydrogen) atoms. The number of hydrogen-bond acceptors (Lipinski definition) is 8. The van der Waals surface area contributed by atoms with Gasteiger partial charge in [-0.3, -0.25) is 4.79 Å². The Balaban J connectivity index is 1.42. The van der Waals surface area contributed by atoms with Gasteiger partial charge in [0.25, 0.3) is 11.9 Å². The van der Waals surface area contributed by atoms with Crippen molar-refractivity contribution in [3.8, 4) is 17.8 Å². The second-order valence-electron chi connectivity index (χ2n) is 8.51. The van der Waals surface area contributed by atoms with Crippen LogP contribution < -0.4 is 5.32 Å². The summed E-state index contributed by atoms with van der Waals surface area (Å²) in [5, 5.41) is 39.4. The van der Waals surface area contributed by atoms with E-state index < -0.39 is 5.91 Å². The summed E-state index contributed by atoms with van der Waals surface area (Å²) in [6.45, 7) is 0. The highest BCUT2D eigenvalue weighted by Crippen LogP contribution is 2.38. The van der Waals surface area contributed by atoms with Crippen LogP contribution in [0.5, 0.6) is 5.75 Å². The first-order chi connectivity index (χ1) is 19.1. The summed E-state index contributed by atoms with van der Waals surface area (Å²) >= 11 is 0. The zero-order valence-electron chi connectivity index (χ0n) is 20.2. The zero-order chi connectivity index (χ0) is 26.8. The van der Waals surface area contributed by atoms with Gasteiger partial charge in [-0.2, -0.15) is 15.0 Å². The van der Waals surface area contributed by atoms with Crippen LogP contribution in [0.2, 0.25) is 0 Å². The topological polar surface area (TPSA) is 141 Å². The van der Waals surface area contributed by atoms with Crippen molar-refractivity contribution >= 4 is 44.6 Å². The molecular weight excluding hydrogens is 492 g/mol. The lowest BCUT2D eigenvalue weighted by atomic mass is 10.0. The van der Waals surface area contributed by atoms with Crippen molar-refractivity contribution in [2.45, 2.75) is 0 Å². The molecule has 0 unspecified atom stereocenters. The molecular formula is C29H18N8O2. The Morgan fingerprint density at radius 1 is 0.897 bits per heavy atom. The maximum Gasteiger partial charge on any atom is 0.260 e. The third-order valence-corrected chi connectivity index (χ3v) is 6.09. The van der Waals surface area contributed by atoms with Crippen LogP contribution in [-0.4, -0.2) is 30.8 Å². The minimum Gasteiger partial charge on any atom is -0.505 e. The number of phenolic OH excluding ortho intramolecular Hbond substituents is 1. The Morgan fingerprint density at radius 3 is 2.44 bits per heavy atom. The SMILES string of the molecule is N#Cc1cnn(-c2ncccn2)c1N=Nc1cc2ccccc2c(C(=O)Nc2ccc3ccccc3c2)c1O. The molecule has 0 spiro atoms. The fraction of sp³-hybridized carbons (Fsp3) is 0. The van der Waals surface area contributed by atoms with E-state index in [1.54, 1.807) is 30.3 Å². The van der Waals surface area contributed by atoms with Gasteiger partial charge >= 0.3 is 0 Å². The van der Waals surface area contributed by atoms with Crippen LogP contribution in [0.3, 0.4) is 0 Å². The van der Waals surface area contributed by atoms with Crippen LogP contribution in [0.1, 0.15) is 15.9 Å². The number of nitrogens with one attached hydrogen (secondary N) is 1. The van der Waals surface area contributed by atoms with Crippen LogP contribution in [0, 0.1) is 11.3 Å². The molecule has 2 N–H and O–H groups in total. The number of rotatable bonds is 5. The molecule has 0 radical (unpaired) electrons. The molecule has 0 bridgehead atoms. The van der Waals surface area contributed by atoms with Crippen molar-refractivity contribution in [1.82, 2.24) is 19.7 Å². The maximum atomic E-state index is 13.5. The molecule has 0 aliphatic heterocycles.